The smallest absolute Gasteiger partial charge is 0.221 e. The monoisotopic (exact) mass is 514 g/mol. The number of hydrogen-bond acceptors (Lipinski definition) is 3. The molecule has 2 aromatic carbocycles. The van der Waals surface area contributed by atoms with E-state index in [4.69, 9.17) is 4.74 Å². The molecule has 0 saturated heterocycles. The quantitative estimate of drug-likeness (QED) is 0.286. The minimum Gasteiger partial charge on any atom is -0.489 e. The van der Waals surface area contributed by atoms with Gasteiger partial charge in [0, 0.05) is 26.2 Å². The molecule has 1 atom stereocenters. The highest BCUT2D eigenvalue weighted by Gasteiger charge is 2.06. The number of rotatable bonds is 8. The van der Waals surface area contributed by atoms with Gasteiger partial charge in [-0.3, -0.25) is 9.79 Å². The van der Waals surface area contributed by atoms with Crippen LogP contribution in [0.4, 0.5) is 10.1 Å². The van der Waals surface area contributed by atoms with Gasteiger partial charge in [-0.15, -0.1) is 24.0 Å². The molecule has 8 heteroatoms. The zero-order chi connectivity index (χ0) is 20.4. The molecule has 158 valence electrons. The summed E-state index contributed by atoms with van der Waals surface area (Å²) in [7, 11) is 1.71. The Kier molecular flexibility index (Phi) is 11.0. The Morgan fingerprint density at radius 1 is 1.10 bits per heavy atom. The van der Waals surface area contributed by atoms with Crippen molar-refractivity contribution in [2.75, 3.05) is 25.5 Å². The molecule has 6 nitrogen and oxygen atoms in total. The van der Waals surface area contributed by atoms with Crippen LogP contribution in [0.5, 0.6) is 5.75 Å². The van der Waals surface area contributed by atoms with E-state index in [9.17, 15) is 9.18 Å². The number of anilines is 1. The minimum absolute atomic E-state index is 0. The summed E-state index contributed by atoms with van der Waals surface area (Å²) >= 11 is 0. The van der Waals surface area contributed by atoms with Crippen LogP contribution in [0.2, 0.25) is 0 Å². The summed E-state index contributed by atoms with van der Waals surface area (Å²) in [6.07, 6.45) is 0.716. The summed E-state index contributed by atoms with van der Waals surface area (Å²) in [4.78, 5) is 15.2. The molecule has 0 fully saturated rings. The first-order chi connectivity index (χ1) is 13.5. The van der Waals surface area contributed by atoms with Gasteiger partial charge in [0.05, 0.1) is 6.54 Å². The summed E-state index contributed by atoms with van der Waals surface area (Å²) in [5.74, 6) is 0.945. The van der Waals surface area contributed by atoms with Crippen molar-refractivity contribution in [2.24, 2.45) is 4.99 Å². The number of guanidine groups is 1. The molecule has 1 amide bonds. The van der Waals surface area contributed by atoms with Crippen molar-refractivity contribution >= 4 is 41.5 Å². The standard InChI is InChI=1S/C21H27FN4O2.HI/c1-15(28-20-10-6-18(22)7-11-20)14-25-21(23-3)24-13-12-17-4-8-19(9-5-17)26-16(2)27;/h4-11,15H,12-14H2,1-3H3,(H,26,27)(H2,23,24,25);1H. The van der Waals surface area contributed by atoms with Crippen molar-refractivity contribution in [2.45, 2.75) is 26.4 Å². The Morgan fingerprint density at radius 3 is 2.34 bits per heavy atom. The van der Waals surface area contributed by atoms with Crippen LogP contribution in [0.15, 0.2) is 53.5 Å². The van der Waals surface area contributed by atoms with E-state index in [1.54, 1.807) is 19.2 Å². The fourth-order valence-electron chi connectivity index (χ4n) is 2.53. The second kappa shape index (κ2) is 13.0. The lowest BCUT2D eigenvalue weighted by Crippen LogP contribution is -2.42. The van der Waals surface area contributed by atoms with E-state index < -0.39 is 0 Å². The van der Waals surface area contributed by atoms with Crippen LogP contribution in [0.3, 0.4) is 0 Å². The number of carbonyl (C=O) groups is 1. The number of aliphatic imine (C=N–C) groups is 1. The summed E-state index contributed by atoms with van der Waals surface area (Å²) in [6, 6.07) is 13.7. The maximum absolute atomic E-state index is 12.9. The SMILES string of the molecule is CN=C(NCCc1ccc(NC(C)=O)cc1)NCC(C)Oc1ccc(F)cc1.I. The van der Waals surface area contributed by atoms with E-state index in [0.29, 0.717) is 24.8 Å². The van der Waals surface area contributed by atoms with Gasteiger partial charge in [-0.1, -0.05) is 12.1 Å². The molecule has 3 N–H and O–H groups in total. The first-order valence-corrected chi connectivity index (χ1v) is 9.19. The number of amides is 1. The van der Waals surface area contributed by atoms with Crippen molar-refractivity contribution in [3.63, 3.8) is 0 Å². The van der Waals surface area contributed by atoms with Gasteiger partial charge < -0.3 is 20.7 Å². The van der Waals surface area contributed by atoms with E-state index in [1.807, 2.05) is 31.2 Å². The lowest BCUT2D eigenvalue weighted by molar-refractivity contribution is -0.114. The Hall–Kier alpha value is -2.36. The lowest BCUT2D eigenvalue weighted by atomic mass is 10.1. The number of nitrogens with zero attached hydrogens (tertiary/aromatic N) is 1. The second-order valence-electron chi connectivity index (χ2n) is 6.39. The van der Waals surface area contributed by atoms with Gasteiger partial charge in [-0.25, -0.2) is 4.39 Å². The molecule has 0 aliphatic heterocycles. The van der Waals surface area contributed by atoms with Crippen LogP contribution in [0.1, 0.15) is 19.4 Å². The highest BCUT2D eigenvalue weighted by atomic mass is 127. The molecule has 0 aliphatic rings. The summed E-state index contributed by atoms with van der Waals surface area (Å²) < 4.78 is 18.7. The molecule has 0 aliphatic carbocycles. The third kappa shape index (κ3) is 9.60. The molecule has 29 heavy (non-hydrogen) atoms. The third-order valence-corrected chi connectivity index (χ3v) is 3.91. The van der Waals surface area contributed by atoms with Crippen LogP contribution in [0.25, 0.3) is 0 Å². The van der Waals surface area contributed by atoms with Crippen molar-refractivity contribution in [3.8, 4) is 5.75 Å². The predicted molar refractivity (Wildman–Crippen MR) is 126 cm³/mol. The van der Waals surface area contributed by atoms with E-state index in [1.165, 1.54) is 19.1 Å². The van der Waals surface area contributed by atoms with Gasteiger partial charge in [0.2, 0.25) is 5.91 Å². The minimum atomic E-state index is -0.285. The normalized spacial score (nSPS) is 11.8. The third-order valence-electron chi connectivity index (χ3n) is 3.91. The lowest BCUT2D eigenvalue weighted by Gasteiger charge is -2.17. The van der Waals surface area contributed by atoms with Gasteiger partial charge in [-0.05, 0) is 55.3 Å². The summed E-state index contributed by atoms with van der Waals surface area (Å²) in [6.45, 7) is 4.69. The number of halogens is 2. The Morgan fingerprint density at radius 2 is 1.76 bits per heavy atom. The molecule has 2 rings (SSSR count). The zero-order valence-electron chi connectivity index (χ0n) is 16.9. The Bertz CT molecular complexity index is 782. The highest BCUT2D eigenvalue weighted by Crippen LogP contribution is 2.12. The van der Waals surface area contributed by atoms with Gasteiger partial charge >= 0.3 is 0 Å². The molecule has 2 aromatic rings. The average molecular weight is 514 g/mol. The number of ether oxygens (including phenoxy) is 1. The second-order valence-corrected chi connectivity index (χ2v) is 6.39. The van der Waals surface area contributed by atoms with E-state index in [0.717, 1.165) is 17.7 Å². The topological polar surface area (TPSA) is 74.8 Å². The fourth-order valence-corrected chi connectivity index (χ4v) is 2.53. The maximum Gasteiger partial charge on any atom is 0.221 e. The first-order valence-electron chi connectivity index (χ1n) is 9.19. The van der Waals surface area contributed by atoms with Crippen LogP contribution >= 0.6 is 24.0 Å². The molecule has 0 saturated carbocycles. The zero-order valence-corrected chi connectivity index (χ0v) is 19.2. The van der Waals surface area contributed by atoms with Crippen LogP contribution in [-0.2, 0) is 11.2 Å². The highest BCUT2D eigenvalue weighted by molar-refractivity contribution is 14.0. The molecule has 0 spiro atoms. The number of hydrogen-bond donors (Lipinski definition) is 3. The van der Waals surface area contributed by atoms with E-state index >= 15 is 0 Å². The van der Waals surface area contributed by atoms with Gasteiger partial charge in [0.25, 0.3) is 0 Å². The number of benzene rings is 2. The van der Waals surface area contributed by atoms with Crippen molar-refractivity contribution < 1.29 is 13.9 Å². The first kappa shape index (κ1) is 24.7. The molecule has 0 bridgehead atoms. The van der Waals surface area contributed by atoms with Crippen LogP contribution in [-0.4, -0.2) is 38.1 Å². The van der Waals surface area contributed by atoms with Crippen molar-refractivity contribution in [3.05, 3.63) is 59.9 Å². The van der Waals surface area contributed by atoms with Gasteiger partial charge in [-0.2, -0.15) is 0 Å². The van der Waals surface area contributed by atoms with Crippen molar-refractivity contribution in [1.29, 1.82) is 0 Å². The molecular weight excluding hydrogens is 486 g/mol. The molecular formula is C21H28FIN4O2. The van der Waals surface area contributed by atoms with Crippen LogP contribution < -0.4 is 20.7 Å². The maximum atomic E-state index is 12.9. The largest absolute Gasteiger partial charge is 0.489 e. The Labute approximate surface area is 188 Å². The van der Waals surface area contributed by atoms with Gasteiger partial charge in [0.15, 0.2) is 5.96 Å². The van der Waals surface area contributed by atoms with E-state index in [2.05, 4.69) is 20.9 Å². The number of nitrogens with one attached hydrogen (secondary N) is 3. The Balaban J connectivity index is 0.00000420. The number of carbonyl (C=O) groups excluding carboxylic acids is 1. The molecule has 0 heterocycles. The summed E-state index contributed by atoms with van der Waals surface area (Å²) in [5.41, 5.74) is 1.95. The molecule has 0 aromatic heterocycles. The van der Waals surface area contributed by atoms with Gasteiger partial charge in [0.1, 0.15) is 17.7 Å². The van der Waals surface area contributed by atoms with Crippen LogP contribution in [0, 0.1) is 5.82 Å². The summed E-state index contributed by atoms with van der Waals surface area (Å²) in [5, 5.41) is 9.21. The molecule has 1 unspecified atom stereocenters. The average Bonchev–Trinajstić information content (AvgIpc) is 2.67. The van der Waals surface area contributed by atoms with E-state index in [-0.39, 0.29) is 41.8 Å². The fraction of sp³-hybridized carbons (Fsp3) is 0.333. The molecule has 0 radical (unpaired) electrons. The van der Waals surface area contributed by atoms with Crippen molar-refractivity contribution in [1.82, 2.24) is 10.6 Å². The predicted octanol–water partition coefficient (Wildman–Crippen LogP) is 3.58.